The third-order valence-corrected chi connectivity index (χ3v) is 4.46. The van der Waals surface area contributed by atoms with Gasteiger partial charge in [-0.1, -0.05) is 0 Å². The number of ether oxygens (including phenoxy) is 1. The summed E-state index contributed by atoms with van der Waals surface area (Å²) in [6.45, 7) is 2.94. The predicted molar refractivity (Wildman–Crippen MR) is 79.4 cm³/mol. The largest absolute Gasteiger partial charge is 0.491 e. The molecule has 2 N–H and O–H groups in total. The average Bonchev–Trinajstić information content (AvgIpc) is 3.21. The molecule has 3 rings (SSSR count). The number of hydrogen-bond acceptors (Lipinski definition) is 5. The minimum Gasteiger partial charge on any atom is -0.491 e. The Morgan fingerprint density at radius 2 is 2.25 bits per heavy atom. The molecule has 1 saturated carbocycles. The van der Waals surface area contributed by atoms with Crippen LogP contribution in [0.1, 0.15) is 18.4 Å². The topological polar surface area (TPSA) is 78.9 Å². The van der Waals surface area contributed by atoms with Crippen molar-refractivity contribution in [3.8, 4) is 17.3 Å². The number of anilines is 1. The second kappa shape index (κ2) is 5.05. The quantitative estimate of drug-likeness (QED) is 0.926. The van der Waals surface area contributed by atoms with Gasteiger partial charge in [-0.15, -0.1) is 0 Å². The fraction of sp³-hybridized carbons (Fsp3) is 0.462. The SMILES string of the molecule is COc1cnc(-c2nn(CC3CC3)c(Br)c2C)nc1N. The Labute approximate surface area is 125 Å². The monoisotopic (exact) mass is 337 g/mol. The zero-order chi connectivity index (χ0) is 14.3. The molecule has 2 heterocycles. The van der Waals surface area contributed by atoms with Crippen LogP contribution in [0.25, 0.3) is 11.5 Å². The summed E-state index contributed by atoms with van der Waals surface area (Å²) in [6.07, 6.45) is 4.14. The Balaban J connectivity index is 1.98. The van der Waals surface area contributed by atoms with E-state index in [2.05, 4.69) is 31.0 Å². The lowest BCUT2D eigenvalue weighted by Gasteiger charge is -2.04. The van der Waals surface area contributed by atoms with Gasteiger partial charge >= 0.3 is 0 Å². The molecule has 0 radical (unpaired) electrons. The van der Waals surface area contributed by atoms with Crippen LogP contribution in [-0.2, 0) is 6.54 Å². The van der Waals surface area contributed by atoms with Crippen LogP contribution < -0.4 is 10.5 Å². The number of aromatic nitrogens is 4. The number of methoxy groups -OCH3 is 1. The van der Waals surface area contributed by atoms with Crippen LogP contribution in [0.15, 0.2) is 10.8 Å². The van der Waals surface area contributed by atoms with Crippen molar-refractivity contribution in [2.45, 2.75) is 26.3 Å². The van der Waals surface area contributed by atoms with Crippen LogP contribution in [0, 0.1) is 12.8 Å². The van der Waals surface area contributed by atoms with Crippen LogP contribution in [0.2, 0.25) is 0 Å². The molecular formula is C13H16BrN5O. The normalized spacial score (nSPS) is 14.6. The summed E-state index contributed by atoms with van der Waals surface area (Å²) >= 11 is 3.59. The van der Waals surface area contributed by atoms with Crippen LogP contribution in [0.4, 0.5) is 5.82 Å². The predicted octanol–water partition coefficient (Wildman–Crippen LogP) is 2.41. The molecule has 6 nitrogen and oxygen atoms in total. The molecule has 0 bridgehead atoms. The molecule has 0 atom stereocenters. The van der Waals surface area contributed by atoms with Gasteiger partial charge in [-0.3, -0.25) is 4.68 Å². The lowest BCUT2D eigenvalue weighted by molar-refractivity contribution is 0.413. The van der Waals surface area contributed by atoms with E-state index in [4.69, 9.17) is 10.5 Å². The maximum Gasteiger partial charge on any atom is 0.182 e. The van der Waals surface area contributed by atoms with Crippen molar-refractivity contribution in [2.24, 2.45) is 5.92 Å². The first kappa shape index (κ1) is 13.4. The Bertz CT molecular complexity index is 650. The van der Waals surface area contributed by atoms with Gasteiger partial charge in [-0.05, 0) is 41.6 Å². The highest BCUT2D eigenvalue weighted by Gasteiger charge is 2.25. The van der Waals surface area contributed by atoms with Gasteiger partial charge in [0.25, 0.3) is 0 Å². The van der Waals surface area contributed by atoms with E-state index in [0.29, 0.717) is 17.4 Å². The Kier molecular flexibility index (Phi) is 3.37. The van der Waals surface area contributed by atoms with E-state index in [1.165, 1.54) is 12.8 Å². The summed E-state index contributed by atoms with van der Waals surface area (Å²) in [5.41, 5.74) is 7.61. The number of nitrogen functional groups attached to an aromatic ring is 1. The smallest absolute Gasteiger partial charge is 0.182 e. The molecule has 106 valence electrons. The maximum absolute atomic E-state index is 5.83. The molecule has 0 spiro atoms. The first-order valence-corrected chi connectivity index (χ1v) is 7.29. The van der Waals surface area contributed by atoms with E-state index in [1.807, 2.05) is 11.6 Å². The van der Waals surface area contributed by atoms with Crippen molar-refractivity contribution in [1.82, 2.24) is 19.7 Å². The minimum atomic E-state index is 0.324. The van der Waals surface area contributed by atoms with E-state index in [9.17, 15) is 0 Å². The molecule has 1 fully saturated rings. The molecule has 20 heavy (non-hydrogen) atoms. The number of hydrogen-bond donors (Lipinski definition) is 1. The van der Waals surface area contributed by atoms with Crippen molar-refractivity contribution in [2.75, 3.05) is 12.8 Å². The van der Waals surface area contributed by atoms with E-state index < -0.39 is 0 Å². The highest BCUT2D eigenvalue weighted by Crippen LogP contribution is 2.34. The number of rotatable bonds is 4. The van der Waals surface area contributed by atoms with E-state index in [1.54, 1.807) is 13.3 Å². The zero-order valence-corrected chi connectivity index (χ0v) is 13.0. The maximum atomic E-state index is 5.83. The second-order valence-electron chi connectivity index (χ2n) is 5.04. The van der Waals surface area contributed by atoms with E-state index >= 15 is 0 Å². The van der Waals surface area contributed by atoms with Gasteiger partial charge < -0.3 is 10.5 Å². The van der Waals surface area contributed by atoms with E-state index in [-0.39, 0.29) is 0 Å². The Morgan fingerprint density at radius 3 is 2.85 bits per heavy atom. The lowest BCUT2D eigenvalue weighted by Crippen LogP contribution is -2.03. The van der Waals surface area contributed by atoms with Crippen LogP contribution in [-0.4, -0.2) is 26.9 Å². The first-order chi connectivity index (χ1) is 9.60. The van der Waals surface area contributed by atoms with Crippen LogP contribution >= 0.6 is 15.9 Å². The fourth-order valence-electron chi connectivity index (χ4n) is 2.06. The summed E-state index contributed by atoms with van der Waals surface area (Å²) in [6, 6.07) is 0. The van der Waals surface area contributed by atoms with Crippen molar-refractivity contribution >= 4 is 21.7 Å². The molecule has 0 amide bonds. The molecule has 2 aromatic rings. The zero-order valence-electron chi connectivity index (χ0n) is 11.4. The van der Waals surface area contributed by atoms with Gasteiger partial charge in [0.2, 0.25) is 0 Å². The van der Waals surface area contributed by atoms with Crippen molar-refractivity contribution in [1.29, 1.82) is 0 Å². The second-order valence-corrected chi connectivity index (χ2v) is 5.79. The summed E-state index contributed by atoms with van der Waals surface area (Å²) in [7, 11) is 1.54. The van der Waals surface area contributed by atoms with Gasteiger partial charge in [0, 0.05) is 12.1 Å². The molecule has 1 aliphatic rings. The minimum absolute atomic E-state index is 0.324. The lowest BCUT2D eigenvalue weighted by atomic mass is 10.2. The highest BCUT2D eigenvalue weighted by atomic mass is 79.9. The van der Waals surface area contributed by atoms with Crippen molar-refractivity contribution in [3.63, 3.8) is 0 Å². The Morgan fingerprint density at radius 1 is 1.50 bits per heavy atom. The van der Waals surface area contributed by atoms with Crippen LogP contribution in [0.3, 0.4) is 0 Å². The Hall–Kier alpha value is -1.63. The summed E-state index contributed by atoms with van der Waals surface area (Å²) < 4.78 is 8.03. The summed E-state index contributed by atoms with van der Waals surface area (Å²) in [5, 5.41) is 4.60. The molecule has 0 aliphatic heterocycles. The third kappa shape index (κ3) is 2.37. The number of halogens is 1. The van der Waals surface area contributed by atoms with Crippen molar-refractivity contribution in [3.05, 3.63) is 16.4 Å². The van der Waals surface area contributed by atoms with Gasteiger partial charge in [0.1, 0.15) is 10.3 Å². The standard InChI is InChI=1S/C13H16BrN5O/c1-7-10(13-16-5-9(20-2)12(15)17-13)18-19(11(7)14)6-8-3-4-8/h5,8H,3-4,6H2,1-2H3,(H2,15,16,17). The molecule has 7 heteroatoms. The molecular weight excluding hydrogens is 322 g/mol. The number of nitrogens with two attached hydrogens (primary N) is 1. The van der Waals surface area contributed by atoms with Gasteiger partial charge in [-0.2, -0.15) is 5.10 Å². The van der Waals surface area contributed by atoms with Gasteiger partial charge in [-0.25, -0.2) is 9.97 Å². The fourth-order valence-corrected chi connectivity index (χ4v) is 2.48. The van der Waals surface area contributed by atoms with E-state index in [0.717, 1.165) is 28.3 Å². The summed E-state index contributed by atoms with van der Waals surface area (Å²) in [5.74, 6) is 2.07. The molecule has 2 aromatic heterocycles. The van der Waals surface area contributed by atoms with Crippen molar-refractivity contribution < 1.29 is 4.74 Å². The molecule has 0 saturated heterocycles. The molecule has 0 aromatic carbocycles. The highest BCUT2D eigenvalue weighted by molar-refractivity contribution is 9.10. The number of nitrogens with zero attached hydrogens (tertiary/aromatic N) is 4. The molecule has 0 unspecified atom stereocenters. The van der Waals surface area contributed by atoms with Crippen LogP contribution in [0.5, 0.6) is 5.75 Å². The third-order valence-electron chi connectivity index (χ3n) is 3.45. The molecule has 1 aliphatic carbocycles. The summed E-state index contributed by atoms with van der Waals surface area (Å²) in [4.78, 5) is 8.55. The first-order valence-electron chi connectivity index (χ1n) is 6.50. The van der Waals surface area contributed by atoms with Gasteiger partial charge in [0.05, 0.1) is 13.3 Å². The average molecular weight is 338 g/mol. The van der Waals surface area contributed by atoms with Gasteiger partial charge in [0.15, 0.2) is 17.4 Å².